The molecule has 0 radical (unpaired) electrons. The topological polar surface area (TPSA) is 86.9 Å². The standard InChI is InChI=1S/C27H25FN4O3/c1-15-10-22(17(3)29-23-7-5-4-6-21(23)27(34)35)25-30-24(16(2)26(33)32(25)12-15)31-13-18-8-9-20(28)11-19(18)14-31/h4-12,17,29H,13-14H2,1-3H3,(H,34,35). The summed E-state index contributed by atoms with van der Waals surface area (Å²) in [4.78, 5) is 32.0. The van der Waals surface area contributed by atoms with Gasteiger partial charge in [-0.25, -0.2) is 14.2 Å². The van der Waals surface area contributed by atoms with Crippen LogP contribution in [0.3, 0.4) is 0 Å². The van der Waals surface area contributed by atoms with Gasteiger partial charge in [-0.05, 0) is 67.8 Å². The van der Waals surface area contributed by atoms with Gasteiger partial charge >= 0.3 is 5.97 Å². The summed E-state index contributed by atoms with van der Waals surface area (Å²) < 4.78 is 15.3. The van der Waals surface area contributed by atoms with Crippen LogP contribution < -0.4 is 15.8 Å². The summed E-state index contributed by atoms with van der Waals surface area (Å²) in [6.45, 7) is 6.58. The van der Waals surface area contributed by atoms with Crippen molar-refractivity contribution >= 4 is 23.1 Å². The molecule has 2 N–H and O–H groups in total. The quantitative estimate of drug-likeness (QED) is 0.432. The van der Waals surface area contributed by atoms with E-state index in [9.17, 15) is 19.1 Å². The smallest absolute Gasteiger partial charge is 0.337 e. The minimum Gasteiger partial charge on any atom is -0.478 e. The van der Waals surface area contributed by atoms with Crippen molar-refractivity contribution < 1.29 is 14.3 Å². The molecule has 1 atom stereocenters. The van der Waals surface area contributed by atoms with Crippen LogP contribution in [0.1, 0.15) is 51.1 Å². The number of carbonyl (C=O) groups is 1. The van der Waals surface area contributed by atoms with Gasteiger partial charge in [0.1, 0.15) is 17.3 Å². The highest BCUT2D eigenvalue weighted by atomic mass is 19.1. The number of nitrogens with zero attached hydrogens (tertiary/aromatic N) is 3. The van der Waals surface area contributed by atoms with Crippen LogP contribution in [0.25, 0.3) is 5.65 Å². The zero-order chi connectivity index (χ0) is 24.9. The molecule has 8 heteroatoms. The fourth-order valence-corrected chi connectivity index (χ4v) is 4.73. The number of fused-ring (bicyclic) bond motifs is 2. The van der Waals surface area contributed by atoms with Crippen molar-refractivity contribution in [3.05, 3.63) is 104 Å². The Morgan fingerprint density at radius 2 is 1.86 bits per heavy atom. The van der Waals surface area contributed by atoms with Gasteiger partial charge in [-0.1, -0.05) is 18.2 Å². The van der Waals surface area contributed by atoms with Crippen molar-refractivity contribution in [2.75, 3.05) is 10.2 Å². The highest BCUT2D eigenvalue weighted by molar-refractivity contribution is 5.94. The lowest BCUT2D eigenvalue weighted by molar-refractivity contribution is 0.0698. The number of rotatable bonds is 5. The number of benzene rings is 2. The molecule has 1 aliphatic rings. The SMILES string of the molecule is Cc1cc(C(C)Nc2ccccc2C(=O)O)c2nc(N3Cc4ccc(F)cc4C3)c(C)c(=O)n2c1. The molecule has 3 heterocycles. The first-order chi connectivity index (χ1) is 16.7. The van der Waals surface area contributed by atoms with E-state index in [4.69, 9.17) is 4.98 Å². The average molecular weight is 473 g/mol. The average Bonchev–Trinajstić information content (AvgIpc) is 3.24. The minimum atomic E-state index is -1.02. The van der Waals surface area contributed by atoms with Crippen LogP contribution >= 0.6 is 0 Å². The summed E-state index contributed by atoms with van der Waals surface area (Å²) >= 11 is 0. The van der Waals surface area contributed by atoms with E-state index in [1.165, 1.54) is 12.1 Å². The summed E-state index contributed by atoms with van der Waals surface area (Å²) in [7, 11) is 0. The lowest BCUT2D eigenvalue weighted by atomic mass is 10.1. The van der Waals surface area contributed by atoms with Crippen molar-refractivity contribution in [2.45, 2.75) is 39.9 Å². The largest absolute Gasteiger partial charge is 0.478 e. The van der Waals surface area contributed by atoms with Crippen molar-refractivity contribution in [1.29, 1.82) is 0 Å². The number of nitrogens with one attached hydrogen (secondary N) is 1. The Bertz CT molecular complexity index is 1550. The Labute approximate surface area is 201 Å². The molecule has 178 valence electrons. The van der Waals surface area contributed by atoms with E-state index >= 15 is 0 Å². The van der Waals surface area contributed by atoms with Gasteiger partial charge in [0.15, 0.2) is 0 Å². The Kier molecular flexibility index (Phi) is 5.51. The highest BCUT2D eigenvalue weighted by Crippen LogP contribution is 2.31. The first-order valence-electron chi connectivity index (χ1n) is 11.4. The predicted octanol–water partition coefficient (Wildman–Crippen LogP) is 4.84. The van der Waals surface area contributed by atoms with Crippen LogP contribution in [0.5, 0.6) is 0 Å². The van der Waals surface area contributed by atoms with E-state index in [1.807, 2.05) is 24.8 Å². The van der Waals surface area contributed by atoms with Crippen LogP contribution in [0.2, 0.25) is 0 Å². The molecule has 0 saturated carbocycles. The molecule has 0 aliphatic carbocycles. The Balaban J connectivity index is 1.60. The van der Waals surface area contributed by atoms with Gasteiger partial charge in [-0.15, -0.1) is 0 Å². The molecule has 7 nitrogen and oxygen atoms in total. The predicted molar refractivity (Wildman–Crippen MR) is 133 cm³/mol. The lowest BCUT2D eigenvalue weighted by Crippen LogP contribution is -2.27. The number of hydrogen-bond acceptors (Lipinski definition) is 5. The third kappa shape index (κ3) is 4.01. The summed E-state index contributed by atoms with van der Waals surface area (Å²) in [6.07, 6.45) is 1.76. The number of hydrogen-bond donors (Lipinski definition) is 2. The molecule has 2 aromatic carbocycles. The second-order valence-electron chi connectivity index (χ2n) is 9.02. The van der Waals surface area contributed by atoms with Gasteiger partial charge in [0.2, 0.25) is 0 Å². The Morgan fingerprint density at radius 3 is 2.63 bits per heavy atom. The lowest BCUT2D eigenvalue weighted by Gasteiger charge is -2.23. The third-order valence-electron chi connectivity index (χ3n) is 6.48. The van der Waals surface area contributed by atoms with E-state index < -0.39 is 5.97 Å². The van der Waals surface area contributed by atoms with Gasteiger partial charge in [0.05, 0.1) is 17.2 Å². The van der Waals surface area contributed by atoms with Crippen LogP contribution in [0, 0.1) is 19.7 Å². The number of para-hydroxylation sites is 1. The number of aryl methyl sites for hydroxylation is 1. The summed E-state index contributed by atoms with van der Waals surface area (Å²) in [6, 6.07) is 13.1. The third-order valence-corrected chi connectivity index (χ3v) is 6.48. The maximum absolute atomic E-state index is 13.7. The molecule has 0 fully saturated rings. The maximum Gasteiger partial charge on any atom is 0.337 e. The maximum atomic E-state index is 13.7. The van der Waals surface area contributed by atoms with Crippen molar-refractivity contribution in [3.63, 3.8) is 0 Å². The number of aromatic carboxylic acids is 1. The van der Waals surface area contributed by atoms with E-state index in [0.717, 1.165) is 22.3 Å². The number of anilines is 2. The minimum absolute atomic E-state index is 0.167. The second-order valence-corrected chi connectivity index (χ2v) is 9.02. The molecule has 5 rings (SSSR count). The van der Waals surface area contributed by atoms with E-state index in [1.54, 1.807) is 47.9 Å². The zero-order valence-corrected chi connectivity index (χ0v) is 19.7. The number of carboxylic acids is 1. The molecule has 35 heavy (non-hydrogen) atoms. The first kappa shape index (κ1) is 22.6. The molecule has 1 unspecified atom stereocenters. The molecule has 0 saturated heterocycles. The molecule has 0 bridgehead atoms. The van der Waals surface area contributed by atoms with Gasteiger partial charge in [-0.2, -0.15) is 0 Å². The monoisotopic (exact) mass is 472 g/mol. The highest BCUT2D eigenvalue weighted by Gasteiger charge is 2.25. The fourth-order valence-electron chi connectivity index (χ4n) is 4.73. The molecule has 1 aliphatic heterocycles. The Morgan fingerprint density at radius 1 is 1.11 bits per heavy atom. The van der Waals surface area contributed by atoms with Gasteiger partial charge in [0.25, 0.3) is 5.56 Å². The van der Waals surface area contributed by atoms with Gasteiger partial charge in [0, 0.05) is 30.5 Å². The van der Waals surface area contributed by atoms with Gasteiger partial charge in [-0.3, -0.25) is 9.20 Å². The first-order valence-corrected chi connectivity index (χ1v) is 11.4. The van der Waals surface area contributed by atoms with Crippen LogP contribution in [-0.4, -0.2) is 20.5 Å². The zero-order valence-electron chi connectivity index (χ0n) is 19.7. The number of pyridine rings is 1. The normalized spacial score (nSPS) is 13.7. The number of halogens is 1. The molecular formula is C27H25FN4O3. The van der Waals surface area contributed by atoms with E-state index in [-0.39, 0.29) is 23.0 Å². The van der Waals surface area contributed by atoms with Crippen LogP contribution in [0.4, 0.5) is 15.9 Å². The fraction of sp³-hybridized carbons (Fsp3) is 0.222. The number of carboxylic acid groups (broad SMARTS) is 1. The Hall–Kier alpha value is -4.20. The van der Waals surface area contributed by atoms with Crippen molar-refractivity contribution in [1.82, 2.24) is 9.38 Å². The van der Waals surface area contributed by atoms with Crippen molar-refractivity contribution in [2.24, 2.45) is 0 Å². The van der Waals surface area contributed by atoms with E-state index in [2.05, 4.69) is 5.32 Å². The van der Waals surface area contributed by atoms with Crippen LogP contribution in [-0.2, 0) is 13.1 Å². The second kappa shape index (κ2) is 8.54. The summed E-state index contributed by atoms with van der Waals surface area (Å²) in [5, 5.41) is 12.8. The van der Waals surface area contributed by atoms with Gasteiger partial charge < -0.3 is 15.3 Å². The summed E-state index contributed by atoms with van der Waals surface area (Å²) in [5.41, 5.74) is 5.04. The molecular weight excluding hydrogens is 447 g/mol. The molecule has 2 aromatic heterocycles. The molecule has 0 spiro atoms. The van der Waals surface area contributed by atoms with Crippen molar-refractivity contribution in [3.8, 4) is 0 Å². The molecule has 4 aromatic rings. The van der Waals surface area contributed by atoms with Crippen LogP contribution in [0.15, 0.2) is 59.5 Å². The number of aromatic nitrogens is 2. The van der Waals surface area contributed by atoms with E-state index in [0.29, 0.717) is 35.8 Å². The molecule has 0 amide bonds. The summed E-state index contributed by atoms with van der Waals surface area (Å²) in [5.74, 6) is -0.741.